The quantitative estimate of drug-likeness (QED) is 0.518. The maximum atomic E-state index is 4.24. The second kappa shape index (κ2) is 3.88. The third kappa shape index (κ3) is 1.50. The molecule has 0 N–H and O–H groups in total. The third-order valence-corrected chi connectivity index (χ3v) is 3.25. The Morgan fingerprint density at radius 2 is 1.74 bits per heavy atom. The van der Waals surface area contributed by atoms with Gasteiger partial charge in [-0.05, 0) is 16.8 Å². The van der Waals surface area contributed by atoms with Crippen molar-refractivity contribution in [2.45, 2.75) is 0 Å². The molecule has 0 atom stereocenters. The van der Waals surface area contributed by atoms with Crippen LogP contribution >= 0.6 is 0 Å². The Hall–Kier alpha value is -2.75. The molecule has 4 rings (SSSR count). The minimum Gasteiger partial charge on any atom is -0.220 e. The summed E-state index contributed by atoms with van der Waals surface area (Å²) in [6.45, 7) is 0. The Morgan fingerprint density at radius 3 is 2.74 bits per heavy atom. The van der Waals surface area contributed by atoms with Crippen LogP contribution in [0.4, 0.5) is 0 Å². The molecule has 2 aromatic heterocycles. The molecule has 0 unspecified atom stereocenters. The lowest BCUT2D eigenvalue weighted by Crippen LogP contribution is -1.96. The van der Waals surface area contributed by atoms with Crippen LogP contribution in [0, 0.1) is 0 Å². The molecule has 2 aromatic carbocycles. The van der Waals surface area contributed by atoms with Gasteiger partial charge >= 0.3 is 0 Å². The normalized spacial score (nSPS) is 11.2. The summed E-state index contributed by atoms with van der Waals surface area (Å²) in [6, 6.07) is 16.5. The van der Waals surface area contributed by atoms with E-state index in [0.29, 0.717) is 5.78 Å². The summed E-state index contributed by atoms with van der Waals surface area (Å²) in [6.07, 6.45) is 3.29. The van der Waals surface area contributed by atoms with Crippen LogP contribution < -0.4 is 0 Å². The Bertz CT molecular complexity index is 874. The molecule has 0 spiro atoms. The summed E-state index contributed by atoms with van der Waals surface area (Å²) in [4.78, 5) is 8.32. The molecule has 4 nitrogen and oxygen atoms in total. The van der Waals surface area contributed by atoms with Gasteiger partial charge in [0.2, 0.25) is 0 Å². The highest BCUT2D eigenvalue weighted by atomic mass is 15.3. The van der Waals surface area contributed by atoms with Gasteiger partial charge in [-0.25, -0.2) is 4.98 Å². The number of benzene rings is 2. The van der Waals surface area contributed by atoms with Crippen molar-refractivity contribution in [3.63, 3.8) is 0 Å². The fraction of sp³-hybridized carbons (Fsp3) is 0. The van der Waals surface area contributed by atoms with Gasteiger partial charge in [-0.3, -0.25) is 0 Å². The van der Waals surface area contributed by atoms with E-state index in [9.17, 15) is 0 Å². The van der Waals surface area contributed by atoms with Crippen molar-refractivity contribution in [3.05, 3.63) is 61.1 Å². The van der Waals surface area contributed by atoms with E-state index in [1.807, 2.05) is 18.2 Å². The Morgan fingerprint density at radius 1 is 0.842 bits per heavy atom. The Kier molecular flexibility index (Phi) is 2.08. The summed E-state index contributed by atoms with van der Waals surface area (Å²) >= 11 is 0. The number of aromatic nitrogens is 4. The SMILES string of the molecule is c1ccc2c(-c3ccnc4ncnn34)cccc2c1. The molecule has 0 radical (unpaired) electrons. The zero-order valence-electron chi connectivity index (χ0n) is 10.1. The van der Waals surface area contributed by atoms with Crippen molar-refractivity contribution in [1.82, 2.24) is 19.6 Å². The Balaban J connectivity index is 2.12. The number of rotatable bonds is 1. The number of fused-ring (bicyclic) bond motifs is 2. The first-order chi connectivity index (χ1) is 9.43. The van der Waals surface area contributed by atoms with Gasteiger partial charge in [0.15, 0.2) is 0 Å². The molecule has 0 aliphatic heterocycles. The predicted molar refractivity (Wildman–Crippen MR) is 73.7 cm³/mol. The molecule has 4 heteroatoms. The molecule has 0 saturated heterocycles. The van der Waals surface area contributed by atoms with E-state index >= 15 is 0 Å². The highest BCUT2D eigenvalue weighted by Gasteiger charge is 2.08. The molecule has 2 heterocycles. The van der Waals surface area contributed by atoms with Crippen LogP contribution in [0.1, 0.15) is 0 Å². The van der Waals surface area contributed by atoms with Gasteiger partial charge in [0, 0.05) is 11.8 Å². The van der Waals surface area contributed by atoms with Crippen molar-refractivity contribution in [2.24, 2.45) is 0 Å². The molecule has 90 valence electrons. The largest absolute Gasteiger partial charge is 0.252 e. The minimum absolute atomic E-state index is 0.616. The van der Waals surface area contributed by atoms with Gasteiger partial charge in [-0.1, -0.05) is 42.5 Å². The third-order valence-electron chi connectivity index (χ3n) is 3.25. The van der Waals surface area contributed by atoms with Crippen LogP contribution in [0.2, 0.25) is 0 Å². The van der Waals surface area contributed by atoms with Crippen molar-refractivity contribution in [3.8, 4) is 11.3 Å². The second-order valence-electron chi connectivity index (χ2n) is 4.33. The maximum Gasteiger partial charge on any atom is 0.252 e. The average molecular weight is 246 g/mol. The van der Waals surface area contributed by atoms with Crippen molar-refractivity contribution in [2.75, 3.05) is 0 Å². The van der Waals surface area contributed by atoms with E-state index in [1.54, 1.807) is 10.7 Å². The zero-order valence-corrected chi connectivity index (χ0v) is 10.1. The lowest BCUT2D eigenvalue weighted by Gasteiger charge is -2.07. The molecule has 0 bridgehead atoms. The van der Waals surface area contributed by atoms with Gasteiger partial charge in [0.05, 0.1) is 5.69 Å². The summed E-state index contributed by atoms with van der Waals surface area (Å²) in [5, 5.41) is 6.66. The van der Waals surface area contributed by atoms with Crippen LogP contribution in [0.25, 0.3) is 27.8 Å². The van der Waals surface area contributed by atoms with E-state index in [4.69, 9.17) is 0 Å². The van der Waals surface area contributed by atoms with Gasteiger partial charge in [0.1, 0.15) is 6.33 Å². The smallest absolute Gasteiger partial charge is 0.220 e. The van der Waals surface area contributed by atoms with Gasteiger partial charge in [0.25, 0.3) is 5.78 Å². The van der Waals surface area contributed by atoms with E-state index in [0.717, 1.165) is 11.3 Å². The molecule has 0 fully saturated rings. The maximum absolute atomic E-state index is 4.24. The molecule has 4 aromatic rings. The molecule has 19 heavy (non-hydrogen) atoms. The standard InChI is InChI=1S/C15H10N4/c1-2-6-12-11(4-1)5-3-7-13(12)14-8-9-16-15-17-10-18-19(14)15/h1-10H. The van der Waals surface area contributed by atoms with Crippen LogP contribution in [0.5, 0.6) is 0 Å². The highest BCUT2D eigenvalue weighted by Crippen LogP contribution is 2.27. The molecule has 0 saturated carbocycles. The van der Waals surface area contributed by atoms with Crippen LogP contribution in [-0.4, -0.2) is 19.6 Å². The lowest BCUT2D eigenvalue weighted by molar-refractivity contribution is 0.949. The van der Waals surface area contributed by atoms with Crippen molar-refractivity contribution in [1.29, 1.82) is 0 Å². The molecular weight excluding hydrogens is 236 g/mol. The average Bonchev–Trinajstić information content (AvgIpc) is 2.95. The highest BCUT2D eigenvalue weighted by molar-refractivity contribution is 5.95. The fourth-order valence-electron chi connectivity index (χ4n) is 2.39. The van der Waals surface area contributed by atoms with Gasteiger partial charge < -0.3 is 0 Å². The molecule has 0 aliphatic carbocycles. The summed E-state index contributed by atoms with van der Waals surface area (Å²) < 4.78 is 1.77. The fourth-order valence-corrected chi connectivity index (χ4v) is 2.39. The van der Waals surface area contributed by atoms with Crippen LogP contribution in [0.3, 0.4) is 0 Å². The van der Waals surface area contributed by atoms with Gasteiger partial charge in [-0.2, -0.15) is 14.6 Å². The number of nitrogens with zero attached hydrogens (tertiary/aromatic N) is 4. The predicted octanol–water partition coefficient (Wildman–Crippen LogP) is 2.94. The van der Waals surface area contributed by atoms with E-state index in [1.165, 1.54) is 17.1 Å². The first-order valence-electron chi connectivity index (χ1n) is 6.06. The van der Waals surface area contributed by atoms with E-state index in [-0.39, 0.29) is 0 Å². The van der Waals surface area contributed by atoms with E-state index < -0.39 is 0 Å². The number of hydrogen-bond donors (Lipinski definition) is 0. The second-order valence-corrected chi connectivity index (χ2v) is 4.33. The monoisotopic (exact) mass is 246 g/mol. The van der Waals surface area contributed by atoms with Crippen LogP contribution in [0.15, 0.2) is 61.1 Å². The molecular formula is C15H10N4. The Labute approximate surface area is 109 Å². The van der Waals surface area contributed by atoms with Crippen molar-refractivity contribution < 1.29 is 0 Å². The topological polar surface area (TPSA) is 43.1 Å². The van der Waals surface area contributed by atoms with Gasteiger partial charge in [-0.15, -0.1) is 0 Å². The summed E-state index contributed by atoms with van der Waals surface area (Å²) in [5.74, 6) is 0.616. The van der Waals surface area contributed by atoms with Crippen molar-refractivity contribution >= 4 is 16.6 Å². The first-order valence-corrected chi connectivity index (χ1v) is 6.06. The number of hydrogen-bond acceptors (Lipinski definition) is 3. The van der Waals surface area contributed by atoms with E-state index in [2.05, 4.69) is 45.4 Å². The summed E-state index contributed by atoms with van der Waals surface area (Å²) in [7, 11) is 0. The summed E-state index contributed by atoms with van der Waals surface area (Å²) in [5.41, 5.74) is 2.13. The van der Waals surface area contributed by atoms with Crippen LogP contribution in [-0.2, 0) is 0 Å². The zero-order chi connectivity index (χ0) is 12.7. The molecule has 0 amide bonds. The first kappa shape index (κ1) is 10.2. The minimum atomic E-state index is 0.616. The lowest BCUT2D eigenvalue weighted by atomic mass is 10.0. The molecule has 0 aliphatic rings.